The quantitative estimate of drug-likeness (QED) is 0.319. The molecule has 1 aliphatic carbocycles. The lowest BCUT2D eigenvalue weighted by Gasteiger charge is -2.37. The van der Waals surface area contributed by atoms with Crippen molar-refractivity contribution in [3.05, 3.63) is 70.1 Å². The van der Waals surface area contributed by atoms with Crippen molar-refractivity contribution in [2.45, 2.75) is 51.6 Å². The summed E-state index contributed by atoms with van der Waals surface area (Å²) in [6.45, 7) is 5.95. The smallest absolute Gasteiger partial charge is 0.336 e. The number of dihydropyridines is 1. The average molecular weight is 552 g/mol. The molecule has 2 N–H and O–H groups in total. The van der Waals surface area contributed by atoms with Crippen molar-refractivity contribution >= 4 is 11.8 Å². The summed E-state index contributed by atoms with van der Waals surface area (Å²) < 4.78 is 27.1. The minimum absolute atomic E-state index is 0.0113. The van der Waals surface area contributed by atoms with Gasteiger partial charge in [-0.2, -0.15) is 0 Å². The van der Waals surface area contributed by atoms with E-state index in [1.807, 2.05) is 32.0 Å². The fourth-order valence-electron chi connectivity index (χ4n) is 5.37. The first-order valence-electron chi connectivity index (χ1n) is 13.3. The summed E-state index contributed by atoms with van der Waals surface area (Å²) in [4.78, 5) is 27.3. The van der Waals surface area contributed by atoms with Crippen LogP contribution in [0.5, 0.6) is 23.0 Å². The summed E-state index contributed by atoms with van der Waals surface area (Å²) in [7, 11) is 4.62. The Bertz CT molecular complexity index is 1340. The number of Topliss-reactive ketones (excluding diaryl/α,β-unsaturated/α-hetero) is 1. The third kappa shape index (κ3) is 5.94. The summed E-state index contributed by atoms with van der Waals surface area (Å²) in [6, 6.07) is 10.6. The Morgan fingerprint density at radius 2 is 1.62 bits per heavy atom. The number of phenolic OH excluding ortho intramolecular Hbond substituents is 1. The molecule has 0 saturated carbocycles. The Balaban J connectivity index is 1.72. The van der Waals surface area contributed by atoms with Crippen molar-refractivity contribution in [2.75, 3.05) is 34.5 Å². The van der Waals surface area contributed by atoms with E-state index in [1.54, 1.807) is 33.3 Å². The Hall–Kier alpha value is -3.98. The second-order valence-electron chi connectivity index (χ2n) is 10.1. The van der Waals surface area contributed by atoms with E-state index in [4.69, 9.17) is 23.7 Å². The Labute approximate surface area is 234 Å². The molecule has 40 heavy (non-hydrogen) atoms. The van der Waals surface area contributed by atoms with Gasteiger partial charge in [0.15, 0.2) is 28.8 Å². The Morgan fingerprint density at radius 3 is 2.27 bits per heavy atom. The van der Waals surface area contributed by atoms with Crippen LogP contribution in [0.4, 0.5) is 0 Å². The number of carbonyl (C=O) groups excluding carboxylic acids is 2. The average Bonchev–Trinajstić information content (AvgIpc) is 2.93. The number of aromatic hydroxyl groups is 1. The second kappa shape index (κ2) is 12.5. The highest BCUT2D eigenvalue weighted by molar-refractivity contribution is 6.04. The van der Waals surface area contributed by atoms with E-state index in [-0.39, 0.29) is 43.2 Å². The van der Waals surface area contributed by atoms with Crippen molar-refractivity contribution < 1.29 is 38.4 Å². The van der Waals surface area contributed by atoms with E-state index in [9.17, 15) is 14.7 Å². The van der Waals surface area contributed by atoms with Crippen LogP contribution in [0.15, 0.2) is 58.9 Å². The fourth-order valence-corrected chi connectivity index (χ4v) is 5.37. The molecular weight excluding hydrogens is 514 g/mol. The maximum Gasteiger partial charge on any atom is 0.336 e. The molecule has 0 aromatic heterocycles. The number of carbonyl (C=O) groups is 2. The van der Waals surface area contributed by atoms with Gasteiger partial charge in [-0.25, -0.2) is 4.79 Å². The monoisotopic (exact) mass is 551 g/mol. The second-order valence-corrected chi connectivity index (χ2v) is 10.1. The molecular formula is C31H37NO8. The molecule has 0 bridgehead atoms. The molecule has 2 aromatic carbocycles. The number of benzene rings is 2. The van der Waals surface area contributed by atoms with Crippen LogP contribution in [0.3, 0.4) is 0 Å². The van der Waals surface area contributed by atoms with Crippen LogP contribution >= 0.6 is 0 Å². The van der Waals surface area contributed by atoms with Gasteiger partial charge >= 0.3 is 5.97 Å². The normalized spacial score (nSPS) is 18.8. The number of methoxy groups -OCH3 is 3. The van der Waals surface area contributed by atoms with E-state index in [0.29, 0.717) is 46.1 Å². The number of allylic oxidation sites excluding steroid dienone is 3. The molecule has 1 aliphatic heterocycles. The molecule has 2 atom stereocenters. The van der Waals surface area contributed by atoms with Crippen molar-refractivity contribution in [2.24, 2.45) is 0 Å². The van der Waals surface area contributed by atoms with Gasteiger partial charge in [0.2, 0.25) is 0 Å². The van der Waals surface area contributed by atoms with Gasteiger partial charge in [0.1, 0.15) is 6.61 Å². The van der Waals surface area contributed by atoms with Crippen LogP contribution in [0.1, 0.15) is 56.6 Å². The molecule has 2 aromatic rings. The van der Waals surface area contributed by atoms with Crippen molar-refractivity contribution in [3.8, 4) is 23.0 Å². The zero-order chi connectivity index (χ0) is 29.0. The molecule has 0 unspecified atom stereocenters. The molecule has 0 saturated heterocycles. The van der Waals surface area contributed by atoms with Gasteiger partial charge in [0.05, 0.1) is 39.6 Å². The highest BCUT2D eigenvalue weighted by Crippen LogP contribution is 2.47. The van der Waals surface area contributed by atoms with E-state index in [0.717, 1.165) is 11.3 Å². The summed E-state index contributed by atoms with van der Waals surface area (Å²) in [5.41, 5.74) is 3.70. The molecule has 1 heterocycles. The molecule has 9 nitrogen and oxygen atoms in total. The number of hydrogen-bond donors (Lipinski definition) is 2. The maximum atomic E-state index is 13.9. The summed E-state index contributed by atoms with van der Waals surface area (Å²) >= 11 is 0. The first kappa shape index (κ1) is 29.0. The molecule has 0 spiro atoms. The van der Waals surface area contributed by atoms with E-state index < -0.39 is 11.9 Å². The molecule has 9 heteroatoms. The number of rotatable bonds is 10. The van der Waals surface area contributed by atoms with Crippen LogP contribution in [-0.2, 0) is 19.1 Å². The van der Waals surface area contributed by atoms with Crippen LogP contribution < -0.4 is 19.5 Å². The predicted octanol–water partition coefficient (Wildman–Crippen LogP) is 4.75. The maximum absolute atomic E-state index is 13.9. The number of ketones is 1. The largest absolute Gasteiger partial charge is 0.504 e. The molecule has 2 aliphatic rings. The highest BCUT2D eigenvalue weighted by Gasteiger charge is 2.41. The lowest BCUT2D eigenvalue weighted by molar-refractivity contribution is -0.141. The number of hydrogen-bond acceptors (Lipinski definition) is 9. The number of esters is 1. The predicted molar refractivity (Wildman–Crippen MR) is 149 cm³/mol. The van der Waals surface area contributed by atoms with Gasteiger partial charge in [-0.3, -0.25) is 4.79 Å². The van der Waals surface area contributed by atoms with Crippen LogP contribution in [0, 0.1) is 0 Å². The minimum atomic E-state index is -0.717. The lowest BCUT2D eigenvalue weighted by atomic mass is 9.71. The molecule has 0 fully saturated rings. The van der Waals surface area contributed by atoms with Crippen LogP contribution in [-0.4, -0.2) is 57.5 Å². The first-order chi connectivity index (χ1) is 19.2. The molecule has 0 radical (unpaired) electrons. The van der Waals surface area contributed by atoms with E-state index >= 15 is 0 Å². The van der Waals surface area contributed by atoms with Crippen LogP contribution in [0.2, 0.25) is 0 Å². The zero-order valence-electron chi connectivity index (χ0n) is 23.8. The van der Waals surface area contributed by atoms with Gasteiger partial charge in [-0.1, -0.05) is 12.1 Å². The summed E-state index contributed by atoms with van der Waals surface area (Å²) in [6.07, 6.45) is 0.812. The van der Waals surface area contributed by atoms with E-state index in [2.05, 4.69) is 5.32 Å². The van der Waals surface area contributed by atoms with Crippen molar-refractivity contribution in [3.63, 3.8) is 0 Å². The highest BCUT2D eigenvalue weighted by atomic mass is 16.6. The van der Waals surface area contributed by atoms with Crippen molar-refractivity contribution in [1.82, 2.24) is 5.32 Å². The van der Waals surface area contributed by atoms with Gasteiger partial charge in [-0.05, 0) is 68.5 Å². The number of nitrogens with one attached hydrogen (secondary N) is 1. The van der Waals surface area contributed by atoms with Gasteiger partial charge in [0, 0.05) is 29.3 Å². The first-order valence-corrected chi connectivity index (χ1v) is 13.3. The van der Waals surface area contributed by atoms with Crippen LogP contribution in [0.25, 0.3) is 0 Å². The number of ether oxygens (including phenoxy) is 5. The topological polar surface area (TPSA) is 113 Å². The van der Waals surface area contributed by atoms with E-state index in [1.165, 1.54) is 13.2 Å². The lowest BCUT2D eigenvalue weighted by Crippen LogP contribution is -2.36. The summed E-state index contributed by atoms with van der Waals surface area (Å²) in [5, 5.41) is 13.9. The summed E-state index contributed by atoms with van der Waals surface area (Å²) in [5.74, 6) is -0.0201. The third-order valence-electron chi connectivity index (χ3n) is 7.23. The molecule has 4 rings (SSSR count). The SMILES string of the molecule is COc1ccc([C@H]2C(C(=O)OCCOC(C)C)=C(C)NC3=C2C(=O)C[C@H](c2ccc(OC)c(OC)c2)C3)cc1O. The molecule has 214 valence electrons. The van der Waals surface area contributed by atoms with Gasteiger partial charge in [0.25, 0.3) is 0 Å². The van der Waals surface area contributed by atoms with Crippen molar-refractivity contribution in [1.29, 1.82) is 0 Å². The Morgan fingerprint density at radius 1 is 0.950 bits per heavy atom. The minimum Gasteiger partial charge on any atom is -0.504 e. The standard InChI is InChI=1S/C31H37NO8/c1-17(2)39-11-12-40-31(35)28-18(3)32-22-13-21(19-7-10-26(37-5)27(16-19)38-6)15-24(34)30(22)29(28)20-8-9-25(36-4)23(33)14-20/h7-10,14,16-17,21,29,32-33H,11-13,15H2,1-6H3/t21-,29+/m1/s1. The Kier molecular flexibility index (Phi) is 9.04. The molecule has 0 amide bonds. The third-order valence-corrected chi connectivity index (χ3v) is 7.23. The number of phenols is 1. The fraction of sp³-hybridized carbons (Fsp3) is 0.419. The van der Waals surface area contributed by atoms with Gasteiger partial charge < -0.3 is 34.1 Å². The van der Waals surface area contributed by atoms with Gasteiger partial charge in [-0.15, -0.1) is 0 Å². The zero-order valence-corrected chi connectivity index (χ0v) is 23.8.